The highest BCUT2D eigenvalue weighted by Crippen LogP contribution is 2.27. The molecule has 2 atom stereocenters. The van der Waals surface area contributed by atoms with E-state index < -0.39 is 0 Å². The van der Waals surface area contributed by atoms with Crippen LogP contribution in [0.15, 0.2) is 48.5 Å². The molecular weight excluding hydrogens is 309 g/mol. The molecule has 0 amide bonds. The van der Waals surface area contributed by atoms with Gasteiger partial charge in [0.2, 0.25) is 0 Å². The van der Waals surface area contributed by atoms with Crippen molar-refractivity contribution in [1.82, 2.24) is 4.90 Å². The van der Waals surface area contributed by atoms with Crippen LogP contribution in [0.25, 0.3) is 0 Å². The highest BCUT2D eigenvalue weighted by atomic mass is 19.1. The molecule has 124 valence electrons. The van der Waals surface area contributed by atoms with E-state index in [1.54, 1.807) is 12.1 Å². The topological polar surface area (TPSA) is 38.8 Å². The summed E-state index contributed by atoms with van der Waals surface area (Å²) in [6.45, 7) is 1.66. The van der Waals surface area contributed by atoms with Crippen LogP contribution in [-0.2, 0) is 22.5 Å². The SMILES string of the molecule is O=C1OC(COc2ccc(F)cc2)CN2Cc3ccccc3C[C@H]12. The number of fused-ring (bicyclic) bond motifs is 2. The number of morpholine rings is 1. The quantitative estimate of drug-likeness (QED) is 0.812. The number of nitrogens with zero attached hydrogens (tertiary/aromatic N) is 1. The summed E-state index contributed by atoms with van der Waals surface area (Å²) in [6, 6.07) is 13.8. The van der Waals surface area contributed by atoms with E-state index in [4.69, 9.17) is 9.47 Å². The number of carbonyl (C=O) groups excluding carboxylic acids is 1. The third-order valence-electron chi connectivity index (χ3n) is 4.59. The number of hydrogen-bond donors (Lipinski definition) is 0. The molecule has 2 aromatic rings. The van der Waals surface area contributed by atoms with Gasteiger partial charge >= 0.3 is 5.97 Å². The third kappa shape index (κ3) is 2.99. The lowest BCUT2D eigenvalue weighted by Gasteiger charge is -2.41. The summed E-state index contributed by atoms with van der Waals surface area (Å²) in [4.78, 5) is 14.5. The molecule has 2 aliphatic heterocycles. The maximum atomic E-state index is 12.9. The predicted molar refractivity (Wildman–Crippen MR) is 86.1 cm³/mol. The van der Waals surface area contributed by atoms with E-state index in [1.165, 1.54) is 23.3 Å². The molecular formula is C19H18FNO3. The molecule has 1 fully saturated rings. The largest absolute Gasteiger partial charge is 0.490 e. The first-order chi connectivity index (χ1) is 11.7. The Labute approximate surface area is 139 Å². The van der Waals surface area contributed by atoms with Gasteiger partial charge in [-0.15, -0.1) is 0 Å². The van der Waals surface area contributed by atoms with E-state index in [9.17, 15) is 9.18 Å². The Balaban J connectivity index is 1.42. The van der Waals surface area contributed by atoms with Crippen LogP contribution in [0.4, 0.5) is 4.39 Å². The second-order valence-electron chi connectivity index (χ2n) is 6.24. The molecule has 1 saturated heterocycles. The fourth-order valence-corrected chi connectivity index (χ4v) is 3.35. The lowest BCUT2D eigenvalue weighted by Crippen LogP contribution is -2.56. The minimum atomic E-state index is -0.316. The number of ether oxygens (including phenoxy) is 2. The van der Waals surface area contributed by atoms with Gasteiger partial charge in [0.15, 0.2) is 0 Å². The summed E-state index contributed by atoms with van der Waals surface area (Å²) in [5.41, 5.74) is 2.48. The van der Waals surface area contributed by atoms with E-state index in [0.717, 1.165) is 6.54 Å². The first-order valence-electron chi connectivity index (χ1n) is 8.09. The first kappa shape index (κ1) is 15.1. The Morgan fingerprint density at radius 2 is 1.88 bits per heavy atom. The number of benzene rings is 2. The van der Waals surface area contributed by atoms with Crippen molar-refractivity contribution in [2.75, 3.05) is 13.2 Å². The molecule has 0 aliphatic carbocycles. The molecule has 0 N–H and O–H groups in total. The van der Waals surface area contributed by atoms with Crippen molar-refractivity contribution in [1.29, 1.82) is 0 Å². The summed E-state index contributed by atoms with van der Waals surface area (Å²) in [5, 5.41) is 0. The van der Waals surface area contributed by atoms with E-state index >= 15 is 0 Å². The van der Waals surface area contributed by atoms with Crippen molar-refractivity contribution >= 4 is 5.97 Å². The van der Waals surface area contributed by atoms with Crippen LogP contribution in [0.1, 0.15) is 11.1 Å². The summed E-state index contributed by atoms with van der Waals surface area (Å²) in [6.07, 6.45) is 0.379. The summed E-state index contributed by atoms with van der Waals surface area (Å²) in [5.74, 6) is 0.0725. The van der Waals surface area contributed by atoms with E-state index in [1.807, 2.05) is 12.1 Å². The Hall–Kier alpha value is -2.40. The molecule has 2 heterocycles. The molecule has 4 rings (SSSR count). The zero-order valence-electron chi connectivity index (χ0n) is 13.2. The van der Waals surface area contributed by atoms with Crippen LogP contribution in [-0.4, -0.2) is 36.2 Å². The molecule has 2 aromatic carbocycles. The summed E-state index contributed by atoms with van der Waals surface area (Å²) >= 11 is 0. The summed E-state index contributed by atoms with van der Waals surface area (Å²) < 4.78 is 24.1. The number of cyclic esters (lactones) is 1. The zero-order chi connectivity index (χ0) is 16.5. The lowest BCUT2D eigenvalue weighted by atomic mass is 9.93. The van der Waals surface area contributed by atoms with Crippen molar-refractivity contribution in [2.24, 2.45) is 0 Å². The van der Waals surface area contributed by atoms with Gasteiger partial charge in [0.1, 0.15) is 30.3 Å². The monoisotopic (exact) mass is 327 g/mol. The normalized spacial score (nSPS) is 23.1. The smallest absolute Gasteiger partial charge is 0.324 e. The van der Waals surface area contributed by atoms with E-state index in [-0.39, 0.29) is 30.5 Å². The highest BCUT2D eigenvalue weighted by molar-refractivity contribution is 5.77. The average molecular weight is 327 g/mol. The second-order valence-corrected chi connectivity index (χ2v) is 6.24. The van der Waals surface area contributed by atoms with Crippen LogP contribution in [0.5, 0.6) is 5.75 Å². The Kier molecular flexibility index (Phi) is 3.94. The van der Waals surface area contributed by atoms with Crippen LogP contribution < -0.4 is 4.74 Å². The van der Waals surface area contributed by atoms with Crippen molar-refractivity contribution in [3.63, 3.8) is 0 Å². The van der Waals surface area contributed by atoms with Crippen LogP contribution in [0, 0.1) is 5.82 Å². The van der Waals surface area contributed by atoms with Crippen molar-refractivity contribution in [3.8, 4) is 5.75 Å². The molecule has 0 bridgehead atoms. The van der Waals surface area contributed by atoms with Crippen molar-refractivity contribution in [2.45, 2.75) is 25.1 Å². The lowest BCUT2D eigenvalue weighted by molar-refractivity contribution is -0.169. The molecule has 24 heavy (non-hydrogen) atoms. The number of halogens is 1. The number of carbonyl (C=O) groups is 1. The molecule has 0 aromatic heterocycles. The van der Waals surface area contributed by atoms with E-state index in [0.29, 0.717) is 18.7 Å². The maximum absolute atomic E-state index is 12.9. The molecule has 1 unspecified atom stereocenters. The number of rotatable bonds is 3. The number of esters is 1. The van der Waals surface area contributed by atoms with Gasteiger partial charge < -0.3 is 9.47 Å². The Morgan fingerprint density at radius 3 is 2.67 bits per heavy atom. The van der Waals surface area contributed by atoms with Gasteiger partial charge in [0.05, 0.1) is 0 Å². The van der Waals surface area contributed by atoms with Gasteiger partial charge in [-0.25, -0.2) is 4.39 Å². The van der Waals surface area contributed by atoms with Crippen LogP contribution >= 0.6 is 0 Å². The molecule has 5 heteroatoms. The summed E-state index contributed by atoms with van der Waals surface area (Å²) in [7, 11) is 0. The van der Waals surface area contributed by atoms with Gasteiger partial charge in [-0.3, -0.25) is 9.69 Å². The maximum Gasteiger partial charge on any atom is 0.324 e. The zero-order valence-corrected chi connectivity index (χ0v) is 13.2. The fourth-order valence-electron chi connectivity index (χ4n) is 3.35. The van der Waals surface area contributed by atoms with Gasteiger partial charge in [-0.05, 0) is 41.8 Å². The molecule has 2 aliphatic rings. The van der Waals surface area contributed by atoms with Gasteiger partial charge in [0.25, 0.3) is 0 Å². The fraction of sp³-hybridized carbons (Fsp3) is 0.316. The molecule has 0 spiro atoms. The molecule has 0 radical (unpaired) electrons. The van der Waals surface area contributed by atoms with E-state index in [2.05, 4.69) is 17.0 Å². The minimum absolute atomic E-state index is 0.191. The first-order valence-corrected chi connectivity index (χ1v) is 8.09. The van der Waals surface area contributed by atoms with Gasteiger partial charge in [-0.2, -0.15) is 0 Å². The Morgan fingerprint density at radius 1 is 1.12 bits per heavy atom. The molecule has 0 saturated carbocycles. The van der Waals surface area contributed by atoms with Gasteiger partial charge in [-0.1, -0.05) is 24.3 Å². The second kappa shape index (κ2) is 6.24. The van der Waals surface area contributed by atoms with Crippen molar-refractivity contribution < 1.29 is 18.7 Å². The van der Waals surface area contributed by atoms with Crippen LogP contribution in [0.3, 0.4) is 0 Å². The van der Waals surface area contributed by atoms with Gasteiger partial charge in [0, 0.05) is 13.1 Å². The average Bonchev–Trinajstić information content (AvgIpc) is 2.60. The standard InChI is InChI=1S/C19H18FNO3/c20-15-5-7-16(8-6-15)23-12-17-11-21-10-14-4-2-1-3-13(14)9-18(21)19(22)24-17/h1-8,17-18H,9-12H2/t17?,18-/m1/s1. The third-order valence-corrected chi connectivity index (χ3v) is 4.59. The highest BCUT2D eigenvalue weighted by Gasteiger charge is 2.39. The van der Waals surface area contributed by atoms with Crippen LogP contribution in [0.2, 0.25) is 0 Å². The number of hydrogen-bond acceptors (Lipinski definition) is 4. The molecule has 4 nitrogen and oxygen atoms in total. The minimum Gasteiger partial charge on any atom is -0.490 e. The predicted octanol–water partition coefficient (Wildman–Crippen LogP) is 2.56. The van der Waals surface area contributed by atoms with Crippen molar-refractivity contribution in [3.05, 3.63) is 65.5 Å². The Bertz CT molecular complexity index is 747.